The maximum atomic E-state index is 9.51. The van der Waals surface area contributed by atoms with Crippen molar-refractivity contribution in [3.8, 4) is 118 Å². The van der Waals surface area contributed by atoms with E-state index in [0.717, 1.165) is 44.5 Å². The van der Waals surface area contributed by atoms with Crippen molar-refractivity contribution in [2.45, 2.75) is 79.3 Å². The van der Waals surface area contributed by atoms with Crippen molar-refractivity contribution in [3.05, 3.63) is 426 Å². The van der Waals surface area contributed by atoms with Crippen LogP contribution < -0.4 is 56.8 Å². The lowest BCUT2D eigenvalue weighted by Crippen LogP contribution is -2.03. The third-order valence-corrected chi connectivity index (χ3v) is 19.6. The van der Waals surface area contributed by atoms with Crippen molar-refractivity contribution in [1.82, 2.24) is 0 Å². The molecule has 0 radical (unpaired) electrons. The number of rotatable bonds is 38. The summed E-state index contributed by atoms with van der Waals surface area (Å²) in [6.45, 7) is 1.64. The molecule has 126 heavy (non-hydrogen) atoms. The second-order valence-corrected chi connectivity index (χ2v) is 29.0. The van der Waals surface area contributed by atoms with Crippen LogP contribution in [0.1, 0.15) is 122 Å². The zero-order valence-electron chi connectivity index (χ0n) is 68.0. The van der Waals surface area contributed by atoms with E-state index < -0.39 is 0 Å². The van der Waals surface area contributed by atoms with Crippen molar-refractivity contribution in [2.24, 2.45) is 0 Å². The minimum absolute atomic E-state index is 0.0281. The molecule has 0 aliphatic heterocycles. The van der Waals surface area contributed by atoms with E-state index in [1.807, 2.05) is 182 Å². The van der Waals surface area contributed by atoms with Gasteiger partial charge >= 0.3 is 0 Å². The molecule has 0 heterocycles. The molecule has 612 valence electrons. The Kier molecular flexibility index (Phi) is 28.8. The van der Waals surface area contributed by atoms with E-state index in [1.165, 1.54) is 0 Å². The van der Waals surface area contributed by atoms with Gasteiger partial charge in [0.15, 0.2) is 0 Å². The Morgan fingerprint density at radius 1 is 0.143 bits per heavy atom. The first kappa shape index (κ1) is 84.8. The van der Waals surface area contributed by atoms with E-state index in [9.17, 15) is 42.1 Å². The van der Waals surface area contributed by atoms with Gasteiger partial charge in [-0.1, -0.05) is 109 Å². The third kappa shape index (κ3) is 25.4. The average molecular weight is 1650 g/mol. The second-order valence-electron chi connectivity index (χ2n) is 29.0. The summed E-state index contributed by atoms with van der Waals surface area (Å²) in [4.78, 5) is 0. The minimum Gasteiger partial charge on any atom is -0.489 e. The number of hydrogen-bond acceptors (Lipinski definition) is 20. The van der Waals surface area contributed by atoms with Crippen LogP contribution in [0.25, 0.3) is 12.2 Å². The highest BCUT2D eigenvalue weighted by atomic mass is 16.5. The smallest absolute Gasteiger partial charge is 0.124 e. The van der Waals surface area contributed by atoms with Crippen molar-refractivity contribution < 1.29 is 56.8 Å². The van der Waals surface area contributed by atoms with Gasteiger partial charge in [-0.2, -0.15) is 42.1 Å². The fourth-order valence-electron chi connectivity index (χ4n) is 12.8. The predicted octanol–water partition coefficient (Wildman–Crippen LogP) is 21.8. The molecule has 0 N–H and O–H groups in total. The summed E-state index contributed by atoms with van der Waals surface area (Å²) in [5.41, 5.74) is 15.1. The Hall–Kier alpha value is -17.7. The summed E-state index contributed by atoms with van der Waals surface area (Å²) in [7, 11) is 0. The minimum atomic E-state index is 0.0281. The zero-order chi connectivity index (χ0) is 87.0. The molecule has 0 aliphatic carbocycles. The molecule has 0 bridgehead atoms. The van der Waals surface area contributed by atoms with Gasteiger partial charge in [0, 0.05) is 36.4 Å². The Labute approximate surface area is 729 Å². The summed E-state index contributed by atoms with van der Waals surface area (Å²) in [5.74, 6) is 5.67. The second kappa shape index (κ2) is 42.8. The highest BCUT2D eigenvalue weighted by Crippen LogP contribution is 2.35. The first-order chi connectivity index (χ1) is 61.8. The largest absolute Gasteiger partial charge is 0.489 e. The van der Waals surface area contributed by atoms with Crippen LogP contribution in [0.4, 0.5) is 0 Å². The summed E-state index contributed by atoms with van der Waals surface area (Å²) < 4.78 is 78.5. The molecule has 14 aromatic rings. The quantitative estimate of drug-likeness (QED) is 0.0325. The number of benzene rings is 14. The zero-order valence-corrected chi connectivity index (χ0v) is 68.0. The number of hydrogen-bond donors (Lipinski definition) is 0. The molecule has 14 aromatic carbocycles. The fraction of sp³-hybridized carbons (Fsp3) is 0.113. The molecule has 0 spiro atoms. The van der Waals surface area contributed by atoms with E-state index in [-0.39, 0.29) is 79.3 Å². The Bertz CT molecular complexity index is 5450. The lowest BCUT2D eigenvalue weighted by Gasteiger charge is -2.16. The van der Waals surface area contributed by atoms with Crippen LogP contribution in [0.2, 0.25) is 0 Å². The maximum absolute atomic E-state index is 9.51. The van der Waals surface area contributed by atoms with E-state index in [0.29, 0.717) is 147 Å². The first-order valence-corrected chi connectivity index (χ1v) is 39.8. The molecule has 0 atom stereocenters. The Morgan fingerprint density at radius 3 is 0.373 bits per heavy atom. The first-order valence-electron chi connectivity index (χ1n) is 39.8. The van der Waals surface area contributed by atoms with Crippen LogP contribution in [0.3, 0.4) is 0 Å². The van der Waals surface area contributed by atoms with E-state index in [1.54, 1.807) is 133 Å². The van der Waals surface area contributed by atoms with Crippen LogP contribution in [0.5, 0.6) is 69.0 Å². The Morgan fingerprint density at radius 2 is 0.254 bits per heavy atom. The van der Waals surface area contributed by atoms with Crippen LogP contribution in [0.15, 0.2) is 303 Å². The van der Waals surface area contributed by atoms with Gasteiger partial charge in [-0.25, -0.2) is 0 Å². The van der Waals surface area contributed by atoms with Crippen molar-refractivity contribution in [1.29, 1.82) is 42.1 Å². The van der Waals surface area contributed by atoms with Gasteiger partial charge in [-0.05, 0) is 248 Å². The molecule has 14 rings (SSSR count). The normalized spacial score (nSPS) is 10.5. The van der Waals surface area contributed by atoms with E-state index >= 15 is 0 Å². The van der Waals surface area contributed by atoms with Crippen molar-refractivity contribution in [2.75, 3.05) is 0 Å². The van der Waals surface area contributed by atoms with Gasteiger partial charge in [0.05, 0.1) is 93.1 Å². The molecule has 0 saturated heterocycles. The van der Waals surface area contributed by atoms with Crippen molar-refractivity contribution >= 4 is 12.2 Å². The lowest BCUT2D eigenvalue weighted by atomic mass is 10.1. The van der Waals surface area contributed by atoms with Gasteiger partial charge < -0.3 is 56.8 Å². The van der Waals surface area contributed by atoms with Gasteiger partial charge in [0.2, 0.25) is 0 Å². The number of ether oxygens (including phenoxy) is 12. The summed E-state index contributed by atoms with van der Waals surface area (Å²) >= 11 is 0. The maximum Gasteiger partial charge on any atom is 0.124 e. The third-order valence-electron chi connectivity index (χ3n) is 19.6. The molecule has 20 heteroatoms. The SMILES string of the molecule is N#Cc1ccc(COc2cc(COc3cc(/C=C/c4cc(OCc5cc(OCc6ccc(C#N)cc6)cc(OCc6ccc(C#N)cc6)c5)cc(OCc5cc(OCc6ccc(C#N)cc6)cc(OCc6ccc(C#N)cc6)c5)c4)cc(OCc4cc(OCc5ccc(C#N)cc5)cc(OCc5ccc(C#N)cc5)c4)c3)cc(OCc3ccc(C#N)cc3)c2)cc1. The molecular weight excluding hydrogens is 1580 g/mol. The topological polar surface area (TPSA) is 301 Å². The average Bonchev–Trinajstić information content (AvgIpc) is 0.838. The molecular formula is C106H76N8O12. The molecule has 0 amide bonds. The van der Waals surface area contributed by atoms with Gasteiger partial charge in [0.25, 0.3) is 0 Å². The molecule has 0 fully saturated rings. The van der Waals surface area contributed by atoms with Crippen LogP contribution in [0, 0.1) is 90.6 Å². The van der Waals surface area contributed by atoms with E-state index in [4.69, 9.17) is 56.8 Å². The fourth-order valence-corrected chi connectivity index (χ4v) is 12.8. The van der Waals surface area contributed by atoms with Crippen LogP contribution >= 0.6 is 0 Å². The lowest BCUT2D eigenvalue weighted by molar-refractivity contribution is 0.276. The standard InChI is InChI=1S/C106H76N8O12/c107-53-73-1-17-81(18-2-73)61-115-99-39-91(40-100(49-99)116-62-82-19-3-74(54-108)4-20-82)69-123-95-35-89(36-96(47-95)124-70-92-41-101(117-63-83-21-5-75(55-109)6-22-83)50-102(42-92)118-64-84-23-7-76(56-110)8-24-84)33-34-90-37-97(125-71-93-43-103(119-65-85-25-9-77(57-111)10-26-85)51-104(44-93)120-66-86-27-11-78(58-112)12-28-86)48-98(38-90)126-72-94-45-105(121-67-87-29-13-79(59-113)14-30-87)52-106(46-94)122-68-88-31-15-80(60-114)16-32-88/h1-52H,61-72H2/b34-33+. The van der Waals surface area contributed by atoms with Crippen LogP contribution in [-0.4, -0.2) is 0 Å². The van der Waals surface area contributed by atoms with Crippen molar-refractivity contribution in [3.63, 3.8) is 0 Å². The number of nitrogens with zero attached hydrogens (tertiary/aromatic N) is 8. The van der Waals surface area contributed by atoms with Crippen LogP contribution in [-0.2, 0) is 79.3 Å². The molecule has 0 unspecified atom stereocenters. The highest BCUT2D eigenvalue weighted by Gasteiger charge is 2.16. The van der Waals surface area contributed by atoms with Gasteiger partial charge in [-0.15, -0.1) is 0 Å². The predicted molar refractivity (Wildman–Crippen MR) is 469 cm³/mol. The van der Waals surface area contributed by atoms with E-state index in [2.05, 4.69) is 48.6 Å². The summed E-state index contributed by atoms with van der Waals surface area (Å²) in [5, 5.41) is 76.1. The molecule has 0 aromatic heterocycles. The summed E-state index contributed by atoms with van der Waals surface area (Å²) in [6, 6.07) is 108. The van der Waals surface area contributed by atoms with Gasteiger partial charge in [-0.3, -0.25) is 0 Å². The van der Waals surface area contributed by atoms with Gasteiger partial charge in [0.1, 0.15) is 148 Å². The molecule has 0 saturated carbocycles. The molecule has 0 aliphatic rings. The number of nitriles is 8. The highest BCUT2D eigenvalue weighted by molar-refractivity contribution is 5.72. The summed E-state index contributed by atoms with van der Waals surface area (Å²) in [6.07, 6.45) is 3.83. The Balaban J connectivity index is 0.807. The molecule has 20 nitrogen and oxygen atoms in total. The monoisotopic (exact) mass is 1650 g/mol.